The van der Waals surface area contributed by atoms with Crippen LogP contribution < -0.4 is 5.56 Å². The van der Waals surface area contributed by atoms with Gasteiger partial charge in [0.15, 0.2) is 0 Å². The van der Waals surface area contributed by atoms with E-state index in [1.54, 1.807) is 36.6 Å². The number of aromatic nitrogens is 2. The molecule has 1 atom stereocenters. The Morgan fingerprint density at radius 1 is 1.25 bits per heavy atom. The lowest BCUT2D eigenvalue weighted by molar-refractivity contribution is -0.189. The van der Waals surface area contributed by atoms with Crippen LogP contribution in [0.15, 0.2) is 41.2 Å². The van der Waals surface area contributed by atoms with E-state index in [-0.39, 0.29) is 25.1 Å². The summed E-state index contributed by atoms with van der Waals surface area (Å²) in [6, 6.07) is 11.6. The zero-order valence-corrected chi connectivity index (χ0v) is 18.2. The van der Waals surface area contributed by atoms with Crippen LogP contribution in [-0.2, 0) is 37.8 Å². The summed E-state index contributed by atoms with van der Waals surface area (Å²) in [6.07, 6.45) is 0.152. The molecule has 0 unspecified atom stereocenters. The van der Waals surface area contributed by atoms with Crippen LogP contribution in [0.1, 0.15) is 30.0 Å². The van der Waals surface area contributed by atoms with Crippen molar-refractivity contribution in [3.63, 3.8) is 0 Å². The van der Waals surface area contributed by atoms with E-state index in [9.17, 15) is 14.4 Å². The summed E-state index contributed by atoms with van der Waals surface area (Å²) < 4.78 is 12.7. The first-order valence-corrected chi connectivity index (χ1v) is 10.5. The third kappa shape index (κ3) is 2.94. The molecule has 0 amide bonds. The summed E-state index contributed by atoms with van der Waals surface area (Å²) >= 11 is 0. The number of rotatable bonds is 4. The number of carbonyl (C=O) groups excluding carboxylic acids is 2. The third-order valence-electron chi connectivity index (χ3n) is 6.12. The molecule has 4 heterocycles. The Bertz CT molecular complexity index is 1340. The number of hydrogen-bond donors (Lipinski definition) is 0. The fraction of sp³-hybridized carbons (Fsp3) is 0.333. The highest BCUT2D eigenvalue weighted by atomic mass is 16.6. The van der Waals surface area contributed by atoms with Crippen LogP contribution in [0.2, 0.25) is 0 Å². The average Bonchev–Trinajstić information content (AvgIpc) is 3.11. The van der Waals surface area contributed by atoms with Crippen molar-refractivity contribution in [2.45, 2.75) is 32.1 Å². The van der Waals surface area contributed by atoms with Crippen molar-refractivity contribution in [1.29, 1.82) is 0 Å². The van der Waals surface area contributed by atoms with E-state index in [0.29, 0.717) is 29.1 Å². The number of nitrogens with zero attached hydrogens (tertiary/aromatic N) is 3. The fourth-order valence-electron chi connectivity index (χ4n) is 4.57. The summed E-state index contributed by atoms with van der Waals surface area (Å²) in [6.45, 7) is 1.99. The molecule has 8 nitrogen and oxygen atoms in total. The van der Waals surface area contributed by atoms with Gasteiger partial charge in [-0.1, -0.05) is 25.1 Å². The van der Waals surface area contributed by atoms with Gasteiger partial charge in [-0.2, -0.15) is 0 Å². The molecule has 164 valence electrons. The zero-order valence-electron chi connectivity index (χ0n) is 18.2. The standard InChI is InChI=1S/C24H23N3O5/c1-4-24(32-20(28)12-26(2)3)17-10-19-21-15(9-14-7-5-6-8-18(14)25-21)11-27(19)22(29)16(17)13-31-23(24)30/h5-10H,4,11-13H2,1-3H3/t24-/m1/s1. The van der Waals surface area contributed by atoms with Gasteiger partial charge in [-0.3, -0.25) is 14.5 Å². The number of benzene rings is 1. The summed E-state index contributed by atoms with van der Waals surface area (Å²) in [5, 5.41) is 0.996. The molecule has 0 fully saturated rings. The topological polar surface area (TPSA) is 90.7 Å². The lowest BCUT2D eigenvalue weighted by atomic mass is 9.85. The maximum atomic E-state index is 13.4. The lowest BCUT2D eigenvalue weighted by Crippen LogP contribution is -2.48. The molecular weight excluding hydrogens is 410 g/mol. The van der Waals surface area contributed by atoms with Crippen LogP contribution >= 0.6 is 0 Å². The van der Waals surface area contributed by atoms with Gasteiger partial charge in [0.25, 0.3) is 5.56 Å². The van der Waals surface area contributed by atoms with Gasteiger partial charge in [-0.25, -0.2) is 9.78 Å². The number of para-hydroxylation sites is 1. The maximum Gasteiger partial charge on any atom is 0.355 e. The Balaban J connectivity index is 1.70. The van der Waals surface area contributed by atoms with E-state index in [0.717, 1.165) is 16.5 Å². The first-order chi connectivity index (χ1) is 15.3. The van der Waals surface area contributed by atoms with Crippen molar-refractivity contribution in [1.82, 2.24) is 14.5 Å². The van der Waals surface area contributed by atoms with Gasteiger partial charge in [0.2, 0.25) is 5.60 Å². The Morgan fingerprint density at radius 3 is 2.78 bits per heavy atom. The zero-order chi connectivity index (χ0) is 22.6. The van der Waals surface area contributed by atoms with Gasteiger partial charge in [0, 0.05) is 16.5 Å². The molecule has 0 spiro atoms. The molecule has 0 aliphatic carbocycles. The van der Waals surface area contributed by atoms with Gasteiger partial charge >= 0.3 is 11.9 Å². The van der Waals surface area contributed by atoms with Gasteiger partial charge in [-0.05, 0) is 38.7 Å². The molecule has 0 saturated heterocycles. The van der Waals surface area contributed by atoms with Gasteiger partial charge in [0.1, 0.15) is 6.61 Å². The highest BCUT2D eigenvalue weighted by Crippen LogP contribution is 2.40. The van der Waals surface area contributed by atoms with Gasteiger partial charge < -0.3 is 14.0 Å². The number of carbonyl (C=O) groups is 2. The molecule has 2 aromatic heterocycles. The van der Waals surface area contributed by atoms with E-state index in [1.165, 1.54) is 0 Å². The predicted molar refractivity (Wildman–Crippen MR) is 117 cm³/mol. The minimum atomic E-state index is -1.66. The normalized spacial score (nSPS) is 18.8. The second kappa shape index (κ2) is 7.27. The summed E-state index contributed by atoms with van der Waals surface area (Å²) in [7, 11) is 3.47. The van der Waals surface area contributed by atoms with Crippen LogP contribution in [0.4, 0.5) is 0 Å². The number of ether oxygens (including phenoxy) is 2. The number of cyclic esters (lactones) is 1. The van der Waals surface area contributed by atoms with Gasteiger partial charge in [0.05, 0.1) is 35.6 Å². The van der Waals surface area contributed by atoms with E-state index in [2.05, 4.69) is 0 Å². The number of esters is 2. The van der Waals surface area contributed by atoms with Crippen molar-refractivity contribution < 1.29 is 19.1 Å². The molecule has 0 radical (unpaired) electrons. The van der Waals surface area contributed by atoms with Crippen molar-refractivity contribution in [2.24, 2.45) is 0 Å². The van der Waals surface area contributed by atoms with Crippen LogP contribution in [0.5, 0.6) is 0 Å². The second-order valence-electron chi connectivity index (χ2n) is 8.47. The molecule has 3 aromatic rings. The summed E-state index contributed by atoms with van der Waals surface area (Å²) in [5.74, 6) is -1.22. The first-order valence-electron chi connectivity index (χ1n) is 10.5. The smallest absolute Gasteiger partial charge is 0.355 e. The number of fused-ring (bicyclic) bond motifs is 5. The summed E-state index contributed by atoms with van der Waals surface area (Å²) in [5.41, 5.74) is 1.89. The maximum absolute atomic E-state index is 13.4. The third-order valence-corrected chi connectivity index (χ3v) is 6.12. The molecule has 0 saturated carbocycles. The fourth-order valence-corrected chi connectivity index (χ4v) is 4.57. The molecule has 32 heavy (non-hydrogen) atoms. The van der Waals surface area contributed by atoms with E-state index in [1.807, 2.05) is 30.3 Å². The Labute approximate surface area is 184 Å². The van der Waals surface area contributed by atoms with Crippen LogP contribution in [-0.4, -0.2) is 47.0 Å². The Morgan fingerprint density at radius 2 is 2.03 bits per heavy atom. The monoisotopic (exact) mass is 433 g/mol. The quantitative estimate of drug-likeness (QED) is 0.456. The number of hydrogen-bond acceptors (Lipinski definition) is 7. The van der Waals surface area contributed by atoms with Crippen LogP contribution in [0.25, 0.3) is 22.3 Å². The average molecular weight is 433 g/mol. The van der Waals surface area contributed by atoms with Crippen LogP contribution in [0.3, 0.4) is 0 Å². The SMILES string of the molecule is CC[C@]1(OC(=O)CN(C)C)C(=O)OCc2c1cc1n(c2=O)Cc2cc3ccccc3nc2-1. The molecule has 1 aromatic carbocycles. The number of likely N-dealkylation sites (N-methyl/N-ethyl adjacent to an activating group) is 1. The minimum Gasteiger partial charge on any atom is -0.457 e. The molecule has 2 aliphatic rings. The first kappa shape index (κ1) is 20.4. The molecule has 2 aliphatic heterocycles. The van der Waals surface area contributed by atoms with E-state index >= 15 is 0 Å². The van der Waals surface area contributed by atoms with Crippen molar-refractivity contribution in [2.75, 3.05) is 20.6 Å². The molecule has 0 bridgehead atoms. The van der Waals surface area contributed by atoms with Gasteiger partial charge in [-0.15, -0.1) is 0 Å². The lowest BCUT2D eigenvalue weighted by Gasteiger charge is -2.35. The van der Waals surface area contributed by atoms with Crippen molar-refractivity contribution in [3.8, 4) is 11.4 Å². The Kier molecular flexibility index (Phi) is 4.63. The summed E-state index contributed by atoms with van der Waals surface area (Å²) in [4.78, 5) is 45.3. The molecule has 8 heteroatoms. The minimum absolute atomic E-state index is 0.00463. The largest absolute Gasteiger partial charge is 0.457 e. The molecule has 5 rings (SSSR count). The molecular formula is C24H23N3O5. The van der Waals surface area contributed by atoms with Crippen LogP contribution in [0, 0.1) is 0 Å². The van der Waals surface area contributed by atoms with Crippen molar-refractivity contribution in [3.05, 3.63) is 63.4 Å². The highest BCUT2D eigenvalue weighted by molar-refractivity contribution is 5.88. The second-order valence-corrected chi connectivity index (χ2v) is 8.47. The highest BCUT2D eigenvalue weighted by Gasteiger charge is 2.50. The van der Waals surface area contributed by atoms with E-state index < -0.39 is 17.5 Å². The predicted octanol–water partition coefficient (Wildman–Crippen LogP) is 2.19. The molecule has 0 N–H and O–H groups in total. The van der Waals surface area contributed by atoms with Crippen molar-refractivity contribution >= 4 is 22.8 Å². The van der Waals surface area contributed by atoms with E-state index in [4.69, 9.17) is 14.5 Å². The Hall–Kier alpha value is -3.52. The number of pyridine rings is 2.